The largest absolute Gasteiger partial charge is 0.508 e. The first-order valence-electron chi connectivity index (χ1n) is 7.87. The standard InChI is InChI=1S/C18H13F3N2O4/c19-18(20,21)17(5-4-10-2-1-3-11(24)6-10)12-7-14-15(27-9-26-14)8-13(12)22-16(25)23-17/h1-8,24H,9H2,(H2,22,23,25)/b5-4+/t17-/m0/s1. The third-order valence-corrected chi connectivity index (χ3v) is 4.34. The summed E-state index contributed by atoms with van der Waals surface area (Å²) in [6, 6.07) is 7.25. The molecular weight excluding hydrogens is 365 g/mol. The van der Waals surface area contributed by atoms with Gasteiger partial charge in [0.05, 0.1) is 5.69 Å². The van der Waals surface area contributed by atoms with Gasteiger partial charge in [0.2, 0.25) is 6.79 Å². The molecule has 9 heteroatoms. The Bertz CT molecular complexity index is 958. The highest BCUT2D eigenvalue weighted by atomic mass is 19.4. The predicted octanol–water partition coefficient (Wildman–Crippen LogP) is 3.73. The average molecular weight is 378 g/mol. The first-order chi connectivity index (χ1) is 12.8. The quantitative estimate of drug-likeness (QED) is 0.744. The number of aromatic hydroxyl groups is 1. The van der Waals surface area contributed by atoms with Gasteiger partial charge in [0, 0.05) is 11.6 Å². The van der Waals surface area contributed by atoms with Crippen LogP contribution in [0.25, 0.3) is 6.08 Å². The van der Waals surface area contributed by atoms with Crippen molar-refractivity contribution in [3.63, 3.8) is 0 Å². The number of carbonyl (C=O) groups excluding carboxylic acids is 1. The normalized spacial score (nSPS) is 20.9. The second kappa shape index (κ2) is 5.83. The van der Waals surface area contributed by atoms with E-state index in [0.717, 1.165) is 6.08 Å². The van der Waals surface area contributed by atoms with Gasteiger partial charge in [-0.1, -0.05) is 18.2 Å². The lowest BCUT2D eigenvalue weighted by atomic mass is 9.85. The van der Waals surface area contributed by atoms with Crippen molar-refractivity contribution in [2.24, 2.45) is 0 Å². The summed E-state index contributed by atoms with van der Waals surface area (Å²) in [6.07, 6.45) is -2.81. The molecule has 2 heterocycles. The first kappa shape index (κ1) is 17.1. The van der Waals surface area contributed by atoms with E-state index >= 15 is 0 Å². The maximum atomic E-state index is 14.2. The predicted molar refractivity (Wildman–Crippen MR) is 89.6 cm³/mol. The third kappa shape index (κ3) is 2.80. The van der Waals surface area contributed by atoms with Gasteiger partial charge in [-0.3, -0.25) is 0 Å². The number of fused-ring (bicyclic) bond motifs is 2. The van der Waals surface area contributed by atoms with Crippen molar-refractivity contribution in [3.8, 4) is 17.2 Å². The molecule has 6 nitrogen and oxygen atoms in total. The van der Waals surface area contributed by atoms with E-state index in [2.05, 4.69) is 5.32 Å². The molecule has 0 bridgehead atoms. The second-order valence-corrected chi connectivity index (χ2v) is 6.06. The van der Waals surface area contributed by atoms with Gasteiger partial charge in [0.15, 0.2) is 17.0 Å². The van der Waals surface area contributed by atoms with Gasteiger partial charge in [-0.05, 0) is 29.8 Å². The molecule has 0 spiro atoms. The summed E-state index contributed by atoms with van der Waals surface area (Å²) in [5.41, 5.74) is -2.69. The molecule has 2 amide bonds. The van der Waals surface area contributed by atoms with Crippen LogP contribution in [0.2, 0.25) is 0 Å². The topological polar surface area (TPSA) is 79.8 Å². The van der Waals surface area contributed by atoms with Gasteiger partial charge in [-0.15, -0.1) is 0 Å². The minimum atomic E-state index is -4.85. The molecule has 3 N–H and O–H groups in total. The molecule has 2 aromatic rings. The molecule has 0 saturated carbocycles. The number of halogens is 3. The lowest BCUT2D eigenvalue weighted by Gasteiger charge is -2.39. The number of phenols is 1. The van der Waals surface area contributed by atoms with E-state index in [1.165, 1.54) is 42.5 Å². The molecule has 2 aliphatic rings. The van der Waals surface area contributed by atoms with Crippen LogP contribution in [0.1, 0.15) is 11.1 Å². The Morgan fingerprint density at radius 2 is 1.89 bits per heavy atom. The molecule has 0 radical (unpaired) electrons. The number of urea groups is 1. The number of hydrogen-bond acceptors (Lipinski definition) is 4. The van der Waals surface area contributed by atoms with Crippen LogP contribution in [0.4, 0.5) is 23.7 Å². The second-order valence-electron chi connectivity index (χ2n) is 6.06. The number of phenolic OH excluding ortho intramolecular Hbond substituents is 1. The zero-order valence-corrected chi connectivity index (χ0v) is 13.6. The summed E-state index contributed by atoms with van der Waals surface area (Å²) in [6.45, 7) is -0.113. The molecule has 2 aromatic carbocycles. The number of ether oxygens (including phenoxy) is 2. The van der Waals surface area contributed by atoms with Crippen molar-refractivity contribution in [2.45, 2.75) is 11.7 Å². The molecular formula is C18H13F3N2O4. The van der Waals surface area contributed by atoms with Crippen LogP contribution in [0.5, 0.6) is 17.2 Å². The molecule has 1 atom stereocenters. The number of carbonyl (C=O) groups is 1. The van der Waals surface area contributed by atoms with Crippen molar-refractivity contribution in [3.05, 3.63) is 53.6 Å². The minimum Gasteiger partial charge on any atom is -0.508 e. The first-order valence-corrected chi connectivity index (χ1v) is 7.87. The van der Waals surface area contributed by atoms with Crippen molar-refractivity contribution < 1.29 is 32.5 Å². The van der Waals surface area contributed by atoms with Gasteiger partial charge >= 0.3 is 12.2 Å². The van der Waals surface area contributed by atoms with Crippen molar-refractivity contribution in [1.29, 1.82) is 0 Å². The Labute approximate surface area is 151 Å². The number of hydrogen-bond donors (Lipinski definition) is 3. The zero-order chi connectivity index (χ0) is 19.2. The Morgan fingerprint density at radius 3 is 2.59 bits per heavy atom. The van der Waals surface area contributed by atoms with Gasteiger partial charge in [-0.2, -0.15) is 13.2 Å². The Morgan fingerprint density at radius 1 is 1.15 bits per heavy atom. The maximum absolute atomic E-state index is 14.2. The van der Waals surface area contributed by atoms with Crippen LogP contribution in [-0.4, -0.2) is 24.1 Å². The van der Waals surface area contributed by atoms with Crippen LogP contribution in [-0.2, 0) is 5.54 Å². The Kier molecular flexibility index (Phi) is 3.69. The molecule has 0 unspecified atom stereocenters. The van der Waals surface area contributed by atoms with Gasteiger partial charge in [0.25, 0.3) is 0 Å². The van der Waals surface area contributed by atoms with Crippen molar-refractivity contribution in [1.82, 2.24) is 5.32 Å². The number of nitrogens with one attached hydrogen (secondary N) is 2. The number of alkyl halides is 3. The molecule has 0 fully saturated rings. The van der Waals surface area contributed by atoms with Crippen LogP contribution in [0, 0.1) is 0 Å². The van der Waals surface area contributed by atoms with E-state index in [1.54, 1.807) is 0 Å². The number of rotatable bonds is 2. The summed E-state index contributed by atoms with van der Waals surface area (Å²) in [7, 11) is 0. The molecule has 27 heavy (non-hydrogen) atoms. The number of anilines is 1. The van der Waals surface area contributed by atoms with E-state index in [4.69, 9.17) is 9.47 Å². The Balaban J connectivity index is 1.89. The molecule has 0 saturated heterocycles. The van der Waals surface area contributed by atoms with Crippen LogP contribution >= 0.6 is 0 Å². The fourth-order valence-electron chi connectivity index (χ4n) is 3.07. The summed E-state index contributed by atoms with van der Waals surface area (Å²) >= 11 is 0. The Hall–Kier alpha value is -3.36. The summed E-state index contributed by atoms with van der Waals surface area (Å²) < 4.78 is 52.9. The summed E-state index contributed by atoms with van der Waals surface area (Å²) in [5, 5.41) is 13.9. The fourth-order valence-corrected chi connectivity index (χ4v) is 3.07. The monoisotopic (exact) mass is 378 g/mol. The van der Waals surface area contributed by atoms with E-state index < -0.39 is 17.7 Å². The molecule has 0 aliphatic carbocycles. The molecule has 2 aliphatic heterocycles. The van der Waals surface area contributed by atoms with E-state index in [9.17, 15) is 23.1 Å². The van der Waals surface area contributed by atoms with E-state index in [-0.39, 0.29) is 35.3 Å². The van der Waals surface area contributed by atoms with Crippen molar-refractivity contribution in [2.75, 3.05) is 12.1 Å². The number of amides is 2. The van der Waals surface area contributed by atoms with Gasteiger partial charge < -0.3 is 25.2 Å². The van der Waals surface area contributed by atoms with Crippen LogP contribution in [0.3, 0.4) is 0 Å². The van der Waals surface area contributed by atoms with E-state index in [0.29, 0.717) is 5.56 Å². The maximum Gasteiger partial charge on any atom is 0.419 e. The lowest BCUT2D eigenvalue weighted by Crippen LogP contribution is -2.58. The SMILES string of the molecule is O=C1Nc2cc3c(cc2[C@@](/C=C/c2cccc(O)c2)(C(F)(F)F)N1)OCO3. The molecule has 0 aromatic heterocycles. The highest BCUT2D eigenvalue weighted by Crippen LogP contribution is 2.49. The van der Waals surface area contributed by atoms with Crippen molar-refractivity contribution >= 4 is 17.8 Å². The summed E-state index contributed by atoms with van der Waals surface area (Å²) in [4.78, 5) is 12.0. The summed E-state index contributed by atoms with van der Waals surface area (Å²) in [5.74, 6) is 0.325. The lowest BCUT2D eigenvalue weighted by molar-refractivity contribution is -0.181. The minimum absolute atomic E-state index is 0.0270. The third-order valence-electron chi connectivity index (χ3n) is 4.34. The fraction of sp³-hybridized carbons (Fsp3) is 0.167. The van der Waals surface area contributed by atoms with Crippen LogP contribution < -0.4 is 20.1 Å². The molecule has 4 rings (SSSR count). The van der Waals surface area contributed by atoms with Crippen LogP contribution in [0.15, 0.2) is 42.5 Å². The zero-order valence-electron chi connectivity index (χ0n) is 13.6. The molecule has 140 valence electrons. The van der Waals surface area contributed by atoms with Gasteiger partial charge in [0.1, 0.15) is 5.75 Å². The van der Waals surface area contributed by atoms with E-state index in [1.807, 2.05) is 5.32 Å². The average Bonchev–Trinajstić information content (AvgIpc) is 3.04. The van der Waals surface area contributed by atoms with Gasteiger partial charge in [-0.25, -0.2) is 4.79 Å². The smallest absolute Gasteiger partial charge is 0.419 e. The highest BCUT2D eigenvalue weighted by Gasteiger charge is 2.58. The highest BCUT2D eigenvalue weighted by molar-refractivity contribution is 5.95. The number of benzene rings is 2.